The van der Waals surface area contributed by atoms with Crippen LogP contribution in [0.3, 0.4) is 0 Å². The Morgan fingerprint density at radius 1 is 1.17 bits per heavy atom. The highest BCUT2D eigenvalue weighted by molar-refractivity contribution is 6.00. The molecule has 0 radical (unpaired) electrons. The van der Waals surface area contributed by atoms with Crippen LogP contribution in [0.2, 0.25) is 0 Å². The molecule has 0 N–H and O–H groups in total. The molecule has 0 aliphatic carbocycles. The van der Waals surface area contributed by atoms with Gasteiger partial charge in [-0.2, -0.15) is 0 Å². The smallest absolute Gasteiger partial charge is 0.0671 e. The highest BCUT2D eigenvalue weighted by Crippen LogP contribution is 2.41. The largest absolute Gasteiger partial charge is 0.351 e. The van der Waals surface area contributed by atoms with Crippen molar-refractivity contribution < 1.29 is 0 Å². The Morgan fingerprint density at radius 2 is 1.94 bits per heavy atom. The molecular weight excluding hydrogens is 220 g/mol. The molecule has 0 fully saturated rings. The van der Waals surface area contributed by atoms with Crippen molar-refractivity contribution in [2.24, 2.45) is 12.0 Å². The van der Waals surface area contributed by atoms with Crippen LogP contribution in [-0.2, 0) is 12.5 Å². The van der Waals surface area contributed by atoms with Crippen LogP contribution in [0.1, 0.15) is 26.3 Å². The molecule has 3 rings (SSSR count). The molecule has 1 aromatic heterocycles. The minimum atomic E-state index is 0.0521. The van der Waals surface area contributed by atoms with Gasteiger partial charge in [0.25, 0.3) is 0 Å². The second-order valence-corrected chi connectivity index (χ2v) is 5.56. The zero-order valence-corrected chi connectivity index (χ0v) is 11.4. The minimum Gasteiger partial charge on any atom is -0.351 e. The number of rotatable bonds is 1. The van der Waals surface area contributed by atoms with Crippen molar-refractivity contribution in [1.29, 1.82) is 0 Å². The van der Waals surface area contributed by atoms with Crippen LogP contribution in [0.4, 0.5) is 5.69 Å². The maximum atomic E-state index is 4.66. The average molecular weight is 238 g/mol. The lowest BCUT2D eigenvalue weighted by molar-refractivity contribution is 0.733. The highest BCUT2D eigenvalue weighted by Gasteiger charge is 2.32. The molecule has 0 amide bonds. The molecule has 0 saturated carbocycles. The third-order valence-corrected chi connectivity index (χ3v) is 4.10. The van der Waals surface area contributed by atoms with Crippen molar-refractivity contribution in [2.75, 3.05) is 0 Å². The van der Waals surface area contributed by atoms with Gasteiger partial charge in [-0.1, -0.05) is 19.9 Å². The van der Waals surface area contributed by atoms with Crippen LogP contribution in [0.5, 0.6) is 0 Å². The van der Waals surface area contributed by atoms with E-state index in [4.69, 9.17) is 0 Å². The van der Waals surface area contributed by atoms with Gasteiger partial charge in [-0.25, -0.2) is 0 Å². The van der Waals surface area contributed by atoms with E-state index in [0.29, 0.717) is 0 Å². The average Bonchev–Trinajstić information content (AvgIpc) is 2.83. The predicted octanol–water partition coefficient (Wildman–Crippen LogP) is 4.08. The highest BCUT2D eigenvalue weighted by atomic mass is 14.9. The second kappa shape index (κ2) is 3.58. The fourth-order valence-electron chi connectivity index (χ4n) is 2.57. The first-order chi connectivity index (χ1) is 8.50. The quantitative estimate of drug-likeness (QED) is 0.712. The van der Waals surface area contributed by atoms with Crippen molar-refractivity contribution in [3.63, 3.8) is 0 Å². The van der Waals surface area contributed by atoms with Gasteiger partial charge < -0.3 is 4.57 Å². The van der Waals surface area contributed by atoms with Crippen LogP contribution < -0.4 is 0 Å². The number of aromatic nitrogens is 1. The van der Waals surface area contributed by atoms with Gasteiger partial charge in [-0.3, -0.25) is 4.99 Å². The molecule has 1 aromatic carbocycles. The number of fused-ring (bicyclic) bond motifs is 1. The number of aliphatic imine (C=N–C) groups is 1. The van der Waals surface area contributed by atoms with Crippen LogP contribution in [0.25, 0.3) is 11.3 Å². The van der Waals surface area contributed by atoms with E-state index in [-0.39, 0.29) is 5.41 Å². The Morgan fingerprint density at radius 3 is 2.61 bits per heavy atom. The summed E-state index contributed by atoms with van der Waals surface area (Å²) in [5.41, 5.74) is 6.21. The first kappa shape index (κ1) is 11.3. The molecule has 0 atom stereocenters. The maximum absolute atomic E-state index is 4.66. The fraction of sp³-hybridized carbons (Fsp3) is 0.312. The zero-order valence-electron chi connectivity index (χ0n) is 11.4. The summed E-state index contributed by atoms with van der Waals surface area (Å²) in [6.07, 6.45) is 2.08. The third kappa shape index (κ3) is 1.45. The van der Waals surface area contributed by atoms with E-state index in [1.807, 2.05) is 0 Å². The fourth-order valence-corrected chi connectivity index (χ4v) is 2.57. The normalized spacial score (nSPS) is 16.6. The van der Waals surface area contributed by atoms with Crippen molar-refractivity contribution in [2.45, 2.75) is 26.2 Å². The van der Waals surface area contributed by atoms with Gasteiger partial charge in [0, 0.05) is 30.1 Å². The molecule has 2 aromatic rings. The van der Waals surface area contributed by atoms with Crippen molar-refractivity contribution >= 4 is 11.4 Å². The van der Waals surface area contributed by atoms with E-state index in [1.165, 1.54) is 22.5 Å². The van der Waals surface area contributed by atoms with E-state index in [0.717, 1.165) is 5.69 Å². The summed E-state index contributed by atoms with van der Waals surface area (Å²) in [7, 11) is 2.08. The Hall–Kier alpha value is -1.83. The van der Waals surface area contributed by atoms with E-state index in [1.54, 1.807) is 0 Å². The molecule has 0 saturated heterocycles. The van der Waals surface area contributed by atoms with E-state index in [9.17, 15) is 0 Å². The molecule has 0 unspecified atom stereocenters. The third-order valence-electron chi connectivity index (χ3n) is 4.10. The first-order valence-electron chi connectivity index (χ1n) is 6.32. The molecular formula is C16H18N2. The molecule has 2 heterocycles. The number of hydrogen-bond acceptors (Lipinski definition) is 1. The number of nitrogens with zero attached hydrogens (tertiary/aromatic N) is 2. The Bertz CT molecular complexity index is 645. The number of aryl methyl sites for hydroxylation is 1. The summed E-state index contributed by atoms with van der Waals surface area (Å²) >= 11 is 0. The molecule has 1 aliphatic heterocycles. The lowest BCUT2D eigenvalue weighted by atomic mass is 9.81. The van der Waals surface area contributed by atoms with Gasteiger partial charge in [0.2, 0.25) is 0 Å². The number of benzene rings is 1. The molecule has 18 heavy (non-hydrogen) atoms. The van der Waals surface area contributed by atoms with Crippen LogP contribution in [-0.4, -0.2) is 10.3 Å². The minimum absolute atomic E-state index is 0.0521. The number of hydrogen-bond donors (Lipinski definition) is 0. The van der Waals surface area contributed by atoms with E-state index >= 15 is 0 Å². The summed E-state index contributed by atoms with van der Waals surface area (Å²) in [4.78, 5) is 4.66. The Kier molecular flexibility index (Phi) is 2.24. The molecule has 0 spiro atoms. The standard InChI is InChI=1S/C16H18N2/c1-11-16(2,3)13-10-12(7-8-14(13)17-11)15-6-5-9-18(15)4/h5-10H,1-4H3. The SMILES string of the molecule is CC1=Nc2ccc(-c3cccn3C)cc2C1(C)C. The van der Waals surface area contributed by atoms with Crippen molar-refractivity contribution in [1.82, 2.24) is 4.57 Å². The molecule has 2 nitrogen and oxygen atoms in total. The predicted molar refractivity (Wildman–Crippen MR) is 76.6 cm³/mol. The van der Waals surface area contributed by atoms with Crippen LogP contribution in [0.15, 0.2) is 41.5 Å². The molecule has 2 heteroatoms. The molecule has 92 valence electrons. The lowest BCUT2D eigenvalue weighted by Crippen LogP contribution is -2.22. The van der Waals surface area contributed by atoms with Crippen molar-refractivity contribution in [3.05, 3.63) is 42.1 Å². The summed E-state index contributed by atoms with van der Waals surface area (Å²) in [5.74, 6) is 0. The van der Waals surface area contributed by atoms with Crippen LogP contribution >= 0.6 is 0 Å². The summed E-state index contributed by atoms with van der Waals surface area (Å²) in [6, 6.07) is 10.8. The lowest BCUT2D eigenvalue weighted by Gasteiger charge is -2.20. The topological polar surface area (TPSA) is 17.3 Å². The first-order valence-corrected chi connectivity index (χ1v) is 6.32. The van der Waals surface area contributed by atoms with E-state index < -0.39 is 0 Å². The van der Waals surface area contributed by atoms with E-state index in [2.05, 4.69) is 73.9 Å². The van der Waals surface area contributed by atoms with Gasteiger partial charge in [0.1, 0.15) is 0 Å². The zero-order chi connectivity index (χ0) is 12.9. The second-order valence-electron chi connectivity index (χ2n) is 5.56. The van der Waals surface area contributed by atoms with Crippen molar-refractivity contribution in [3.8, 4) is 11.3 Å². The maximum Gasteiger partial charge on any atom is 0.0671 e. The van der Waals surface area contributed by atoms with Gasteiger partial charge in [0.15, 0.2) is 0 Å². The molecule has 0 bridgehead atoms. The monoisotopic (exact) mass is 238 g/mol. The van der Waals surface area contributed by atoms with Gasteiger partial charge in [-0.05, 0) is 42.3 Å². The van der Waals surface area contributed by atoms with Gasteiger partial charge >= 0.3 is 0 Å². The van der Waals surface area contributed by atoms with Gasteiger partial charge in [-0.15, -0.1) is 0 Å². The summed E-state index contributed by atoms with van der Waals surface area (Å²) < 4.78 is 2.15. The Balaban J connectivity index is 2.16. The van der Waals surface area contributed by atoms with Crippen LogP contribution in [0, 0.1) is 0 Å². The molecule has 1 aliphatic rings. The Labute approximate surface area is 108 Å². The summed E-state index contributed by atoms with van der Waals surface area (Å²) in [5, 5.41) is 0. The summed E-state index contributed by atoms with van der Waals surface area (Å²) in [6.45, 7) is 6.60. The van der Waals surface area contributed by atoms with Gasteiger partial charge in [0.05, 0.1) is 5.69 Å².